The first kappa shape index (κ1) is 11.6. The molecule has 1 aliphatic carbocycles. The Morgan fingerprint density at radius 2 is 1.94 bits per heavy atom. The van der Waals surface area contributed by atoms with Crippen molar-refractivity contribution < 1.29 is 0 Å². The van der Waals surface area contributed by atoms with E-state index in [0.29, 0.717) is 0 Å². The van der Waals surface area contributed by atoms with Crippen LogP contribution in [-0.2, 0) is 12.8 Å². The van der Waals surface area contributed by atoms with Gasteiger partial charge in [0, 0.05) is 0 Å². The van der Waals surface area contributed by atoms with E-state index >= 15 is 0 Å². The third kappa shape index (κ3) is 2.11. The van der Waals surface area contributed by atoms with Crippen molar-refractivity contribution in [3.05, 3.63) is 17.2 Å². The lowest BCUT2D eigenvalue weighted by Crippen LogP contribution is -2.11. The molecule has 0 saturated heterocycles. The minimum atomic E-state index is 0.778. The Bertz CT molecular complexity index is 558. The first-order valence-corrected chi connectivity index (χ1v) is 6.98. The summed E-state index contributed by atoms with van der Waals surface area (Å²) in [6.07, 6.45) is 7.21. The van der Waals surface area contributed by atoms with Gasteiger partial charge in [-0.15, -0.1) is 0 Å². The van der Waals surface area contributed by atoms with Crippen LogP contribution in [0.2, 0.25) is 0 Å². The fraction of sp³-hybridized carbons (Fsp3) is 0.643. The first-order chi connectivity index (χ1) is 8.76. The van der Waals surface area contributed by atoms with Crippen LogP contribution in [0.25, 0.3) is 11.3 Å². The summed E-state index contributed by atoms with van der Waals surface area (Å²) in [6.45, 7) is 4.24. The van der Waals surface area contributed by atoms with Crippen LogP contribution < -0.4 is 0 Å². The number of imidazole rings is 1. The molecule has 1 atom stereocenters. The quantitative estimate of drug-likeness (QED) is 0.839. The van der Waals surface area contributed by atoms with Crippen molar-refractivity contribution in [3.63, 3.8) is 0 Å². The molecule has 0 aromatic carbocycles. The second-order valence-electron chi connectivity index (χ2n) is 5.32. The average Bonchev–Trinajstić information content (AvgIpc) is 2.69. The fourth-order valence-corrected chi connectivity index (χ4v) is 2.87. The number of aromatic nitrogens is 4. The number of aromatic amines is 1. The first-order valence-electron chi connectivity index (χ1n) is 6.98. The Balaban J connectivity index is 1.98. The second-order valence-corrected chi connectivity index (χ2v) is 5.32. The van der Waals surface area contributed by atoms with E-state index in [9.17, 15) is 0 Å². The molecule has 2 aromatic rings. The predicted molar refractivity (Wildman–Crippen MR) is 71.5 cm³/mol. The van der Waals surface area contributed by atoms with Crippen LogP contribution in [0.5, 0.6) is 0 Å². The molecule has 0 amide bonds. The van der Waals surface area contributed by atoms with Crippen molar-refractivity contribution in [2.45, 2.75) is 52.4 Å². The summed E-state index contributed by atoms with van der Waals surface area (Å²) < 4.78 is 0. The van der Waals surface area contributed by atoms with Gasteiger partial charge in [0.15, 0.2) is 11.3 Å². The van der Waals surface area contributed by atoms with E-state index in [-0.39, 0.29) is 0 Å². The van der Waals surface area contributed by atoms with Gasteiger partial charge in [-0.25, -0.2) is 15.0 Å². The highest BCUT2D eigenvalue weighted by Crippen LogP contribution is 2.24. The summed E-state index contributed by atoms with van der Waals surface area (Å²) in [6, 6.07) is 0. The lowest BCUT2D eigenvalue weighted by atomic mass is 9.89. The lowest BCUT2D eigenvalue weighted by molar-refractivity contribution is 0.411. The molecule has 0 radical (unpaired) electrons. The zero-order chi connectivity index (χ0) is 12.5. The van der Waals surface area contributed by atoms with Crippen molar-refractivity contribution in [3.8, 4) is 0 Å². The van der Waals surface area contributed by atoms with Crippen molar-refractivity contribution in [1.29, 1.82) is 0 Å². The number of hydrogen-bond acceptors (Lipinski definition) is 3. The molecule has 2 heterocycles. The minimum Gasteiger partial charge on any atom is -0.325 e. The standard InChI is InChI=1S/C14H20N4/c1-3-10-5-4-6-11-12(8-7-10)18-14-13(17-11)15-9(2)16-14/h10H,3-8H2,1-2H3,(H,15,16,17,18). The van der Waals surface area contributed by atoms with E-state index in [0.717, 1.165) is 35.9 Å². The maximum absolute atomic E-state index is 4.71. The number of H-pyrrole nitrogens is 1. The van der Waals surface area contributed by atoms with Gasteiger partial charge in [-0.2, -0.15) is 0 Å². The zero-order valence-corrected chi connectivity index (χ0v) is 11.2. The molecule has 1 N–H and O–H groups in total. The summed E-state index contributed by atoms with van der Waals surface area (Å²) in [7, 11) is 0. The van der Waals surface area contributed by atoms with Crippen LogP contribution in [0.15, 0.2) is 0 Å². The van der Waals surface area contributed by atoms with Gasteiger partial charge in [-0.3, -0.25) is 0 Å². The molecule has 4 heteroatoms. The maximum atomic E-state index is 4.71. The number of nitrogens with one attached hydrogen (secondary N) is 1. The molecule has 0 fully saturated rings. The fourth-order valence-electron chi connectivity index (χ4n) is 2.87. The summed E-state index contributed by atoms with van der Waals surface area (Å²) in [4.78, 5) is 17.0. The van der Waals surface area contributed by atoms with E-state index in [1.807, 2.05) is 6.92 Å². The van der Waals surface area contributed by atoms with Crippen molar-refractivity contribution in [2.24, 2.45) is 5.92 Å². The number of nitrogens with zero attached hydrogens (tertiary/aromatic N) is 3. The highest BCUT2D eigenvalue weighted by molar-refractivity contribution is 5.65. The number of aryl methyl sites for hydroxylation is 3. The monoisotopic (exact) mass is 244 g/mol. The number of hydrogen-bond donors (Lipinski definition) is 1. The highest BCUT2D eigenvalue weighted by Gasteiger charge is 2.17. The molecule has 2 aromatic heterocycles. The van der Waals surface area contributed by atoms with E-state index < -0.39 is 0 Å². The van der Waals surface area contributed by atoms with E-state index in [1.54, 1.807) is 0 Å². The average molecular weight is 244 g/mol. The van der Waals surface area contributed by atoms with Crippen molar-refractivity contribution in [2.75, 3.05) is 0 Å². The van der Waals surface area contributed by atoms with Crippen molar-refractivity contribution >= 4 is 11.3 Å². The lowest BCUT2D eigenvalue weighted by Gasteiger charge is -2.18. The van der Waals surface area contributed by atoms with Gasteiger partial charge in [0.1, 0.15) is 5.82 Å². The van der Waals surface area contributed by atoms with E-state index in [4.69, 9.17) is 9.97 Å². The Morgan fingerprint density at radius 1 is 1.11 bits per heavy atom. The molecule has 0 aliphatic heterocycles. The van der Waals surface area contributed by atoms with Gasteiger partial charge in [0.2, 0.25) is 0 Å². The highest BCUT2D eigenvalue weighted by atomic mass is 15.1. The Kier molecular flexibility index (Phi) is 3.02. The smallest absolute Gasteiger partial charge is 0.197 e. The second kappa shape index (κ2) is 4.67. The number of fused-ring (bicyclic) bond motifs is 2. The summed E-state index contributed by atoms with van der Waals surface area (Å²) in [5, 5.41) is 0. The topological polar surface area (TPSA) is 54.5 Å². The van der Waals surface area contributed by atoms with Crippen LogP contribution in [0, 0.1) is 12.8 Å². The molecule has 1 aliphatic rings. The zero-order valence-electron chi connectivity index (χ0n) is 11.2. The third-order valence-electron chi connectivity index (χ3n) is 4.00. The maximum Gasteiger partial charge on any atom is 0.197 e. The summed E-state index contributed by atoms with van der Waals surface area (Å²) >= 11 is 0. The van der Waals surface area contributed by atoms with Gasteiger partial charge in [0.25, 0.3) is 0 Å². The molecule has 96 valence electrons. The molecule has 4 nitrogen and oxygen atoms in total. The summed E-state index contributed by atoms with van der Waals surface area (Å²) in [5.41, 5.74) is 3.98. The minimum absolute atomic E-state index is 0.778. The normalized spacial score (nSPS) is 20.4. The van der Waals surface area contributed by atoms with E-state index in [2.05, 4.69) is 16.9 Å². The Hall–Kier alpha value is -1.45. The van der Waals surface area contributed by atoms with Crippen LogP contribution in [-0.4, -0.2) is 19.9 Å². The van der Waals surface area contributed by atoms with Gasteiger partial charge in [0.05, 0.1) is 11.4 Å². The van der Waals surface area contributed by atoms with Gasteiger partial charge in [-0.05, 0) is 38.5 Å². The molecule has 3 rings (SSSR count). The summed E-state index contributed by atoms with van der Waals surface area (Å²) in [5.74, 6) is 1.76. The predicted octanol–water partition coefficient (Wildman–Crippen LogP) is 2.96. The Labute approximate surface area is 107 Å². The molecule has 0 bridgehead atoms. The number of rotatable bonds is 1. The molecule has 1 unspecified atom stereocenters. The molecular weight excluding hydrogens is 224 g/mol. The SMILES string of the molecule is CCC1CCCc2nc3[nH]c(C)nc3nc2CC1. The third-order valence-corrected chi connectivity index (χ3v) is 4.00. The van der Waals surface area contributed by atoms with Crippen LogP contribution in [0.4, 0.5) is 0 Å². The van der Waals surface area contributed by atoms with E-state index in [1.165, 1.54) is 37.1 Å². The van der Waals surface area contributed by atoms with Crippen molar-refractivity contribution in [1.82, 2.24) is 19.9 Å². The van der Waals surface area contributed by atoms with Gasteiger partial charge < -0.3 is 4.98 Å². The van der Waals surface area contributed by atoms with Crippen LogP contribution in [0.3, 0.4) is 0 Å². The van der Waals surface area contributed by atoms with Crippen LogP contribution >= 0.6 is 0 Å². The van der Waals surface area contributed by atoms with Crippen LogP contribution in [0.1, 0.15) is 49.8 Å². The van der Waals surface area contributed by atoms with Gasteiger partial charge in [-0.1, -0.05) is 19.8 Å². The molecular formula is C14H20N4. The van der Waals surface area contributed by atoms with Gasteiger partial charge >= 0.3 is 0 Å². The Morgan fingerprint density at radius 3 is 2.78 bits per heavy atom. The molecule has 18 heavy (non-hydrogen) atoms. The largest absolute Gasteiger partial charge is 0.325 e. The molecule has 0 spiro atoms. The molecule has 0 saturated carbocycles.